The van der Waals surface area contributed by atoms with Crippen LogP contribution in [-0.2, 0) is 0 Å². The fourth-order valence-corrected chi connectivity index (χ4v) is 8.78. The highest BCUT2D eigenvalue weighted by atomic mass is 16.3. The molecule has 0 heterocycles. The van der Waals surface area contributed by atoms with E-state index in [4.69, 9.17) is 6.42 Å². The van der Waals surface area contributed by atoms with Crippen molar-refractivity contribution in [3.05, 3.63) is 0 Å². The van der Waals surface area contributed by atoms with Crippen LogP contribution in [0.2, 0.25) is 0 Å². The monoisotopic (exact) mass is 400 g/mol. The maximum Gasteiger partial charge on any atom is 0.122 e. The van der Waals surface area contributed by atoms with Gasteiger partial charge in [-0.2, -0.15) is 0 Å². The second-order valence-corrected chi connectivity index (χ2v) is 12.5. The molecule has 0 spiro atoms. The quantitative estimate of drug-likeness (QED) is 0.572. The molecule has 2 N–H and O–H groups in total. The van der Waals surface area contributed by atoms with Crippen LogP contribution in [0.25, 0.3) is 0 Å². The first-order valence-electron chi connectivity index (χ1n) is 12.4. The van der Waals surface area contributed by atoms with E-state index >= 15 is 0 Å². The van der Waals surface area contributed by atoms with Crippen LogP contribution >= 0.6 is 0 Å². The summed E-state index contributed by atoms with van der Waals surface area (Å²) in [5, 5.41) is 20.8. The Morgan fingerprint density at radius 2 is 1.69 bits per heavy atom. The Labute approximate surface area is 179 Å². The Kier molecular flexibility index (Phi) is 5.44. The van der Waals surface area contributed by atoms with E-state index in [-0.39, 0.29) is 0 Å². The third-order valence-electron chi connectivity index (χ3n) is 10.7. The molecule has 4 aliphatic rings. The highest BCUT2D eigenvalue weighted by molar-refractivity contribution is 5.10. The molecule has 4 fully saturated rings. The van der Waals surface area contributed by atoms with E-state index in [0.717, 1.165) is 55.3 Å². The molecular formula is C27H44O2. The van der Waals surface area contributed by atoms with E-state index in [1.54, 1.807) is 6.92 Å². The van der Waals surface area contributed by atoms with E-state index in [9.17, 15) is 10.2 Å². The Balaban J connectivity index is 1.45. The fourth-order valence-electron chi connectivity index (χ4n) is 8.78. The summed E-state index contributed by atoms with van der Waals surface area (Å²) in [5.41, 5.74) is -0.424. The second kappa shape index (κ2) is 7.27. The maximum atomic E-state index is 10.7. The van der Waals surface area contributed by atoms with Gasteiger partial charge in [0, 0.05) is 0 Å². The number of hydrogen-bond donors (Lipinski definition) is 2. The zero-order chi connectivity index (χ0) is 21.1. The van der Waals surface area contributed by atoms with Crippen molar-refractivity contribution in [1.29, 1.82) is 0 Å². The van der Waals surface area contributed by atoms with Gasteiger partial charge in [0.15, 0.2) is 0 Å². The van der Waals surface area contributed by atoms with Gasteiger partial charge in [0.05, 0.1) is 5.60 Å². The van der Waals surface area contributed by atoms with Gasteiger partial charge in [-0.1, -0.05) is 19.8 Å². The molecule has 4 saturated carbocycles. The summed E-state index contributed by atoms with van der Waals surface area (Å²) in [4.78, 5) is 0. The van der Waals surface area contributed by atoms with Gasteiger partial charge < -0.3 is 10.2 Å². The normalized spacial score (nSPS) is 51.3. The van der Waals surface area contributed by atoms with Gasteiger partial charge in [0.1, 0.15) is 5.60 Å². The smallest absolute Gasteiger partial charge is 0.122 e. The van der Waals surface area contributed by atoms with Gasteiger partial charge in [0.25, 0.3) is 0 Å². The number of aliphatic hydroxyl groups is 2. The van der Waals surface area contributed by atoms with E-state index in [2.05, 4.69) is 26.7 Å². The minimum Gasteiger partial charge on any atom is -0.390 e. The Morgan fingerprint density at radius 3 is 2.41 bits per heavy atom. The third-order valence-corrected chi connectivity index (χ3v) is 10.7. The van der Waals surface area contributed by atoms with Crippen molar-refractivity contribution in [3.8, 4) is 12.3 Å². The zero-order valence-electron chi connectivity index (χ0n) is 19.3. The zero-order valence-corrected chi connectivity index (χ0v) is 19.3. The number of hydrogen-bond acceptors (Lipinski definition) is 2. The summed E-state index contributed by atoms with van der Waals surface area (Å²) in [6.45, 7) is 9.03. The number of fused-ring (bicyclic) bond motifs is 5. The average molecular weight is 401 g/mol. The Morgan fingerprint density at radius 1 is 0.966 bits per heavy atom. The maximum absolute atomic E-state index is 10.7. The van der Waals surface area contributed by atoms with Gasteiger partial charge in [-0.3, -0.25) is 0 Å². The summed E-state index contributed by atoms with van der Waals surface area (Å²) in [5.74, 6) is 6.73. The molecular weight excluding hydrogens is 356 g/mol. The molecule has 0 unspecified atom stereocenters. The Hall–Kier alpha value is -0.520. The van der Waals surface area contributed by atoms with Crippen LogP contribution in [0, 0.1) is 52.8 Å². The third kappa shape index (κ3) is 3.70. The molecule has 9 atom stereocenters. The van der Waals surface area contributed by atoms with Gasteiger partial charge in [0.2, 0.25) is 0 Å². The summed E-state index contributed by atoms with van der Waals surface area (Å²) >= 11 is 0. The summed E-state index contributed by atoms with van der Waals surface area (Å²) in [6.07, 6.45) is 20.0. The lowest BCUT2D eigenvalue weighted by Crippen LogP contribution is -2.55. The van der Waals surface area contributed by atoms with E-state index < -0.39 is 11.2 Å². The van der Waals surface area contributed by atoms with Crippen molar-refractivity contribution in [2.75, 3.05) is 0 Å². The van der Waals surface area contributed by atoms with Crippen LogP contribution in [0.1, 0.15) is 105 Å². The van der Waals surface area contributed by atoms with Crippen LogP contribution in [0.15, 0.2) is 0 Å². The van der Waals surface area contributed by atoms with Crippen LogP contribution in [0.5, 0.6) is 0 Å². The molecule has 0 aromatic rings. The topological polar surface area (TPSA) is 40.5 Å². The molecule has 0 saturated heterocycles. The number of rotatable bonds is 4. The number of terminal acetylenes is 1. The molecule has 0 aromatic heterocycles. The lowest BCUT2D eigenvalue weighted by atomic mass is 9.44. The second-order valence-electron chi connectivity index (χ2n) is 12.5. The SMILES string of the molecule is C#C[C@@](C)(O)CCC[C@H]1CC[C@H]2[C@@H]3CC[C@H]4C[C@@](C)(O)CC[C@]4(C)[C@H]3CC[C@]12C. The van der Waals surface area contributed by atoms with Crippen LogP contribution < -0.4 is 0 Å². The molecule has 4 rings (SSSR count). The van der Waals surface area contributed by atoms with Gasteiger partial charge in [-0.05, 0) is 131 Å². The van der Waals surface area contributed by atoms with Crippen molar-refractivity contribution in [1.82, 2.24) is 0 Å². The predicted molar refractivity (Wildman–Crippen MR) is 119 cm³/mol. The van der Waals surface area contributed by atoms with Crippen molar-refractivity contribution < 1.29 is 10.2 Å². The standard InChI is InChI=1S/C27H44O2/c1-6-24(2,28)14-7-8-19-10-12-22-21-11-9-20-18-25(3,29)16-17-27(20,5)23(21)13-15-26(19,22)4/h1,19-23,28-29H,7-18H2,2-5H3/t19-,20-,21-,22-,23-,24+,25-,26+,27-/m0/s1. The molecule has 0 aromatic carbocycles. The summed E-state index contributed by atoms with van der Waals surface area (Å²) in [6, 6.07) is 0. The Bertz CT molecular complexity index is 658. The molecule has 2 nitrogen and oxygen atoms in total. The minimum absolute atomic E-state index is 0.432. The average Bonchev–Trinajstić information content (AvgIpc) is 2.99. The first kappa shape index (κ1) is 21.7. The van der Waals surface area contributed by atoms with E-state index in [0.29, 0.717) is 10.8 Å². The molecule has 0 bridgehead atoms. The molecule has 0 aliphatic heterocycles. The molecule has 0 radical (unpaired) electrons. The molecule has 164 valence electrons. The fraction of sp³-hybridized carbons (Fsp3) is 0.926. The summed E-state index contributed by atoms with van der Waals surface area (Å²) < 4.78 is 0. The first-order chi connectivity index (χ1) is 13.5. The van der Waals surface area contributed by atoms with Crippen molar-refractivity contribution in [2.45, 2.75) is 116 Å². The van der Waals surface area contributed by atoms with Gasteiger partial charge in [-0.25, -0.2) is 0 Å². The van der Waals surface area contributed by atoms with Crippen LogP contribution in [-0.4, -0.2) is 21.4 Å². The molecule has 29 heavy (non-hydrogen) atoms. The lowest BCUT2D eigenvalue weighted by molar-refractivity contribution is -0.146. The van der Waals surface area contributed by atoms with Crippen LogP contribution in [0.4, 0.5) is 0 Å². The highest BCUT2D eigenvalue weighted by Gasteiger charge is 2.60. The minimum atomic E-state index is -0.939. The van der Waals surface area contributed by atoms with Crippen molar-refractivity contribution in [2.24, 2.45) is 40.4 Å². The van der Waals surface area contributed by atoms with E-state index in [1.807, 2.05) is 0 Å². The van der Waals surface area contributed by atoms with Gasteiger partial charge >= 0.3 is 0 Å². The predicted octanol–water partition coefficient (Wildman–Crippen LogP) is 5.95. The molecule has 0 amide bonds. The largest absolute Gasteiger partial charge is 0.390 e. The van der Waals surface area contributed by atoms with Crippen molar-refractivity contribution >= 4 is 0 Å². The molecule has 4 aliphatic carbocycles. The van der Waals surface area contributed by atoms with Gasteiger partial charge in [-0.15, -0.1) is 6.42 Å². The van der Waals surface area contributed by atoms with Crippen LogP contribution in [0.3, 0.4) is 0 Å². The highest BCUT2D eigenvalue weighted by Crippen LogP contribution is 2.68. The summed E-state index contributed by atoms with van der Waals surface area (Å²) in [7, 11) is 0. The van der Waals surface area contributed by atoms with E-state index in [1.165, 1.54) is 51.4 Å². The molecule has 2 heteroatoms. The first-order valence-corrected chi connectivity index (χ1v) is 12.4. The van der Waals surface area contributed by atoms with Crippen molar-refractivity contribution in [3.63, 3.8) is 0 Å². The lowest BCUT2D eigenvalue weighted by Gasteiger charge is -2.62.